The van der Waals surface area contributed by atoms with Gasteiger partial charge in [0.1, 0.15) is 12.2 Å². The highest BCUT2D eigenvalue weighted by atomic mass is 16.5. The van der Waals surface area contributed by atoms with Crippen molar-refractivity contribution in [1.29, 1.82) is 0 Å². The van der Waals surface area contributed by atoms with Crippen LogP contribution >= 0.6 is 0 Å². The molecule has 1 aliphatic heterocycles. The second kappa shape index (κ2) is 4.73. The summed E-state index contributed by atoms with van der Waals surface area (Å²) in [6, 6.07) is 5.87. The molecule has 2 aromatic rings. The Kier molecular flexibility index (Phi) is 2.85. The third-order valence-corrected chi connectivity index (χ3v) is 4.29. The molecule has 4 rings (SSSR count). The van der Waals surface area contributed by atoms with Crippen LogP contribution in [0.4, 0.5) is 5.69 Å². The van der Waals surface area contributed by atoms with E-state index >= 15 is 0 Å². The number of nitrogens with one attached hydrogen (secondary N) is 1. The number of anilines is 1. The number of ether oxygens (including phenoxy) is 2. The molecule has 0 bridgehead atoms. The van der Waals surface area contributed by atoms with Crippen LogP contribution in [0, 0.1) is 0 Å². The SMILES string of the molecule is COC1(c2noc(-c3cccc4c3OCCN4)n2)CCC1. The van der Waals surface area contributed by atoms with Gasteiger partial charge in [0.15, 0.2) is 5.75 Å². The van der Waals surface area contributed by atoms with Crippen molar-refractivity contribution >= 4 is 5.69 Å². The van der Waals surface area contributed by atoms with Crippen LogP contribution < -0.4 is 10.1 Å². The first-order valence-electron chi connectivity index (χ1n) is 7.22. The van der Waals surface area contributed by atoms with Gasteiger partial charge in [-0.25, -0.2) is 0 Å². The average Bonchev–Trinajstić information content (AvgIpc) is 2.96. The lowest BCUT2D eigenvalue weighted by molar-refractivity contribution is -0.0858. The Labute approximate surface area is 122 Å². The van der Waals surface area contributed by atoms with Crippen molar-refractivity contribution in [1.82, 2.24) is 10.1 Å². The van der Waals surface area contributed by atoms with Crippen LogP contribution in [0.2, 0.25) is 0 Å². The topological polar surface area (TPSA) is 69.4 Å². The summed E-state index contributed by atoms with van der Waals surface area (Å²) in [5.41, 5.74) is 1.42. The molecule has 1 N–H and O–H groups in total. The minimum absolute atomic E-state index is 0.365. The summed E-state index contributed by atoms with van der Waals surface area (Å²) in [4.78, 5) is 4.54. The smallest absolute Gasteiger partial charge is 0.261 e. The third-order valence-electron chi connectivity index (χ3n) is 4.29. The molecular weight excluding hydrogens is 270 g/mol. The minimum Gasteiger partial charge on any atom is -0.489 e. The molecule has 1 saturated carbocycles. The van der Waals surface area contributed by atoms with Gasteiger partial charge in [-0.1, -0.05) is 11.2 Å². The number of fused-ring (bicyclic) bond motifs is 1. The molecule has 0 atom stereocenters. The molecule has 0 spiro atoms. The van der Waals surface area contributed by atoms with E-state index in [-0.39, 0.29) is 5.60 Å². The predicted octanol–water partition coefficient (Wildman–Crippen LogP) is 2.57. The Balaban J connectivity index is 1.73. The van der Waals surface area contributed by atoms with Crippen LogP contribution in [0.5, 0.6) is 5.75 Å². The Morgan fingerprint density at radius 3 is 3.00 bits per heavy atom. The molecule has 1 aromatic carbocycles. The van der Waals surface area contributed by atoms with E-state index < -0.39 is 0 Å². The maximum absolute atomic E-state index is 5.75. The van der Waals surface area contributed by atoms with Gasteiger partial charge in [0.2, 0.25) is 5.82 Å². The van der Waals surface area contributed by atoms with Crippen molar-refractivity contribution in [3.63, 3.8) is 0 Å². The standard InChI is InChI=1S/C15H17N3O3/c1-19-15(6-3-7-15)14-17-13(21-18-14)10-4-2-5-11-12(10)20-9-8-16-11/h2,4-5,16H,3,6-9H2,1H3. The van der Waals surface area contributed by atoms with E-state index in [1.54, 1.807) is 7.11 Å². The van der Waals surface area contributed by atoms with Crippen LogP contribution in [0.25, 0.3) is 11.5 Å². The first-order chi connectivity index (χ1) is 10.3. The van der Waals surface area contributed by atoms with Crippen molar-refractivity contribution < 1.29 is 14.0 Å². The zero-order chi connectivity index (χ0) is 14.3. The van der Waals surface area contributed by atoms with E-state index in [2.05, 4.69) is 15.5 Å². The van der Waals surface area contributed by atoms with Gasteiger partial charge in [-0.05, 0) is 31.4 Å². The molecule has 0 radical (unpaired) electrons. The Bertz CT molecular complexity index is 658. The lowest BCUT2D eigenvalue weighted by Crippen LogP contribution is -2.37. The van der Waals surface area contributed by atoms with Crippen LogP contribution in [-0.2, 0) is 10.3 Å². The number of para-hydroxylation sites is 1. The molecule has 0 unspecified atom stereocenters. The normalized spacial score (nSPS) is 19.1. The third kappa shape index (κ3) is 1.90. The molecule has 0 amide bonds. The van der Waals surface area contributed by atoms with Crippen molar-refractivity contribution in [3.8, 4) is 17.2 Å². The fourth-order valence-corrected chi connectivity index (χ4v) is 2.87. The number of aromatic nitrogens is 2. The average molecular weight is 287 g/mol. The maximum atomic E-state index is 5.75. The molecule has 1 aliphatic carbocycles. The summed E-state index contributed by atoms with van der Waals surface area (Å²) < 4.78 is 16.8. The van der Waals surface area contributed by atoms with E-state index in [4.69, 9.17) is 14.0 Å². The van der Waals surface area contributed by atoms with Gasteiger partial charge < -0.3 is 19.3 Å². The summed E-state index contributed by atoms with van der Waals surface area (Å²) >= 11 is 0. The van der Waals surface area contributed by atoms with Crippen LogP contribution in [0.3, 0.4) is 0 Å². The van der Waals surface area contributed by atoms with Gasteiger partial charge in [0.25, 0.3) is 5.89 Å². The summed E-state index contributed by atoms with van der Waals surface area (Å²) in [5, 5.41) is 7.42. The summed E-state index contributed by atoms with van der Waals surface area (Å²) in [5.74, 6) is 1.89. The highest BCUT2D eigenvalue weighted by Gasteiger charge is 2.43. The first kappa shape index (κ1) is 12.6. The van der Waals surface area contributed by atoms with E-state index in [0.717, 1.165) is 42.8 Å². The Hall–Kier alpha value is -2.08. The van der Waals surface area contributed by atoms with E-state index in [1.165, 1.54) is 0 Å². The second-order valence-corrected chi connectivity index (χ2v) is 5.43. The monoisotopic (exact) mass is 287 g/mol. The Morgan fingerprint density at radius 1 is 1.33 bits per heavy atom. The highest BCUT2D eigenvalue weighted by Crippen LogP contribution is 2.44. The van der Waals surface area contributed by atoms with Crippen molar-refractivity contribution in [2.24, 2.45) is 0 Å². The van der Waals surface area contributed by atoms with Crippen LogP contribution in [0.1, 0.15) is 25.1 Å². The number of nitrogens with zero attached hydrogens (tertiary/aromatic N) is 2. The molecule has 0 saturated heterocycles. The summed E-state index contributed by atoms with van der Waals surface area (Å²) in [6.07, 6.45) is 3.01. The van der Waals surface area contributed by atoms with Crippen LogP contribution in [-0.4, -0.2) is 30.4 Å². The minimum atomic E-state index is -0.365. The van der Waals surface area contributed by atoms with Crippen molar-refractivity contribution in [3.05, 3.63) is 24.0 Å². The lowest BCUT2D eigenvalue weighted by Gasteiger charge is -2.37. The van der Waals surface area contributed by atoms with E-state index in [9.17, 15) is 0 Å². The maximum Gasteiger partial charge on any atom is 0.261 e. The lowest BCUT2D eigenvalue weighted by atomic mass is 9.79. The molecule has 21 heavy (non-hydrogen) atoms. The molecule has 1 aromatic heterocycles. The van der Waals surface area contributed by atoms with Gasteiger partial charge in [0.05, 0.1) is 11.3 Å². The summed E-state index contributed by atoms with van der Waals surface area (Å²) in [7, 11) is 1.70. The molecule has 6 heteroatoms. The fourth-order valence-electron chi connectivity index (χ4n) is 2.87. The second-order valence-electron chi connectivity index (χ2n) is 5.43. The van der Waals surface area contributed by atoms with Gasteiger partial charge >= 0.3 is 0 Å². The van der Waals surface area contributed by atoms with Gasteiger partial charge in [0, 0.05) is 13.7 Å². The molecule has 2 heterocycles. The predicted molar refractivity (Wildman–Crippen MR) is 76.3 cm³/mol. The van der Waals surface area contributed by atoms with Gasteiger partial charge in [-0.15, -0.1) is 0 Å². The number of methoxy groups -OCH3 is 1. The fraction of sp³-hybridized carbons (Fsp3) is 0.467. The highest BCUT2D eigenvalue weighted by molar-refractivity contribution is 5.74. The quantitative estimate of drug-likeness (QED) is 0.935. The van der Waals surface area contributed by atoms with E-state index in [0.29, 0.717) is 18.3 Å². The largest absolute Gasteiger partial charge is 0.489 e. The van der Waals surface area contributed by atoms with E-state index in [1.807, 2.05) is 18.2 Å². The molecular formula is C15H17N3O3. The number of benzene rings is 1. The first-order valence-corrected chi connectivity index (χ1v) is 7.22. The molecule has 110 valence electrons. The summed E-state index contributed by atoms with van der Waals surface area (Å²) in [6.45, 7) is 1.44. The Morgan fingerprint density at radius 2 is 2.24 bits per heavy atom. The van der Waals surface area contributed by atoms with Crippen molar-refractivity contribution in [2.75, 3.05) is 25.6 Å². The number of rotatable bonds is 3. The number of hydrogen-bond donors (Lipinski definition) is 1. The van der Waals surface area contributed by atoms with Gasteiger partial charge in [-0.2, -0.15) is 4.98 Å². The molecule has 6 nitrogen and oxygen atoms in total. The zero-order valence-corrected chi connectivity index (χ0v) is 11.9. The van der Waals surface area contributed by atoms with Gasteiger partial charge in [-0.3, -0.25) is 0 Å². The number of hydrogen-bond acceptors (Lipinski definition) is 6. The van der Waals surface area contributed by atoms with Crippen molar-refractivity contribution in [2.45, 2.75) is 24.9 Å². The molecule has 1 fully saturated rings. The molecule has 2 aliphatic rings. The van der Waals surface area contributed by atoms with Crippen LogP contribution in [0.15, 0.2) is 22.7 Å². The zero-order valence-electron chi connectivity index (χ0n) is 11.9.